The molecule has 0 N–H and O–H groups in total. The summed E-state index contributed by atoms with van der Waals surface area (Å²) in [6.45, 7) is 0.566. The number of hydrogen-bond donors (Lipinski definition) is 0. The van der Waals surface area contributed by atoms with E-state index in [1.54, 1.807) is 41.0 Å². The summed E-state index contributed by atoms with van der Waals surface area (Å²) in [6, 6.07) is 12.3. The first-order chi connectivity index (χ1) is 9.69. The first-order valence-electron chi connectivity index (χ1n) is 6.66. The average Bonchev–Trinajstić information content (AvgIpc) is 2.99. The Bertz CT molecular complexity index is 672. The second kappa shape index (κ2) is 5.34. The van der Waals surface area contributed by atoms with Gasteiger partial charge in [-0.05, 0) is 36.6 Å². The maximum atomic E-state index is 12.7. The Hall–Kier alpha value is -1.72. The van der Waals surface area contributed by atoms with Gasteiger partial charge in [-0.3, -0.25) is 4.98 Å². The smallest absolute Gasteiger partial charge is 0.243 e. The lowest BCUT2D eigenvalue weighted by Crippen LogP contribution is -2.30. The molecule has 3 rings (SSSR count). The lowest BCUT2D eigenvalue weighted by atomic mass is 10.1. The van der Waals surface area contributed by atoms with Crippen LogP contribution in [0.3, 0.4) is 0 Å². The molecular formula is C15H16N2O2S. The first-order valence-corrected chi connectivity index (χ1v) is 8.10. The number of benzene rings is 1. The molecule has 0 radical (unpaired) electrons. The summed E-state index contributed by atoms with van der Waals surface area (Å²) in [4.78, 5) is 4.45. The summed E-state index contributed by atoms with van der Waals surface area (Å²) in [5.74, 6) is 0. The third-order valence-corrected chi connectivity index (χ3v) is 5.55. The lowest BCUT2D eigenvalue weighted by molar-refractivity contribution is 0.396. The number of pyridine rings is 1. The molecule has 104 valence electrons. The van der Waals surface area contributed by atoms with Gasteiger partial charge in [0.25, 0.3) is 0 Å². The van der Waals surface area contributed by atoms with Crippen molar-refractivity contribution >= 4 is 10.0 Å². The van der Waals surface area contributed by atoms with Crippen LogP contribution in [-0.4, -0.2) is 24.3 Å². The van der Waals surface area contributed by atoms with Crippen LogP contribution in [0.25, 0.3) is 0 Å². The number of rotatable bonds is 3. The minimum atomic E-state index is -3.43. The fourth-order valence-electron chi connectivity index (χ4n) is 2.66. The minimum absolute atomic E-state index is 0.103. The summed E-state index contributed by atoms with van der Waals surface area (Å²) >= 11 is 0. The van der Waals surface area contributed by atoms with Gasteiger partial charge >= 0.3 is 0 Å². The predicted octanol–water partition coefficient (Wildman–Crippen LogP) is 2.61. The van der Waals surface area contributed by atoms with Crippen molar-refractivity contribution in [1.82, 2.24) is 9.29 Å². The molecule has 0 bridgehead atoms. The van der Waals surface area contributed by atoms with E-state index in [1.165, 1.54) is 0 Å². The van der Waals surface area contributed by atoms with Crippen molar-refractivity contribution < 1.29 is 8.42 Å². The monoisotopic (exact) mass is 288 g/mol. The Balaban J connectivity index is 1.97. The molecule has 1 atom stereocenters. The van der Waals surface area contributed by atoms with Gasteiger partial charge in [0.2, 0.25) is 10.0 Å². The van der Waals surface area contributed by atoms with Gasteiger partial charge in [-0.25, -0.2) is 8.42 Å². The van der Waals surface area contributed by atoms with E-state index in [9.17, 15) is 8.42 Å². The Morgan fingerprint density at radius 1 is 1.10 bits per heavy atom. The van der Waals surface area contributed by atoms with E-state index >= 15 is 0 Å². The summed E-state index contributed by atoms with van der Waals surface area (Å²) in [5, 5.41) is 0. The molecule has 2 heterocycles. The number of aromatic nitrogens is 1. The van der Waals surface area contributed by atoms with Gasteiger partial charge in [-0.2, -0.15) is 4.31 Å². The topological polar surface area (TPSA) is 50.3 Å². The summed E-state index contributed by atoms with van der Waals surface area (Å²) < 4.78 is 27.0. The van der Waals surface area contributed by atoms with Crippen molar-refractivity contribution in [3.8, 4) is 0 Å². The number of nitrogens with zero attached hydrogens (tertiary/aromatic N) is 2. The molecule has 4 nitrogen and oxygen atoms in total. The van der Waals surface area contributed by atoms with Gasteiger partial charge in [0.05, 0.1) is 10.9 Å². The van der Waals surface area contributed by atoms with Gasteiger partial charge in [0, 0.05) is 18.9 Å². The molecular weight excluding hydrogens is 272 g/mol. The van der Waals surface area contributed by atoms with E-state index in [2.05, 4.69) is 4.98 Å². The molecule has 0 saturated carbocycles. The van der Waals surface area contributed by atoms with E-state index in [4.69, 9.17) is 0 Å². The van der Waals surface area contributed by atoms with Crippen LogP contribution in [0, 0.1) is 0 Å². The summed E-state index contributed by atoms with van der Waals surface area (Å²) in [5.41, 5.74) is 0.963. The van der Waals surface area contributed by atoms with Crippen LogP contribution in [-0.2, 0) is 10.0 Å². The normalized spacial score (nSPS) is 20.1. The SMILES string of the molecule is O=S(=O)(c1ccccc1)N1CCC[C@@H]1c1cccnc1. The second-order valence-corrected chi connectivity index (χ2v) is 6.76. The van der Waals surface area contributed by atoms with Crippen molar-refractivity contribution in [2.75, 3.05) is 6.54 Å². The van der Waals surface area contributed by atoms with Crippen LogP contribution in [0.4, 0.5) is 0 Å². The number of sulfonamides is 1. The van der Waals surface area contributed by atoms with E-state index in [1.807, 2.05) is 18.2 Å². The van der Waals surface area contributed by atoms with E-state index < -0.39 is 10.0 Å². The predicted molar refractivity (Wildman–Crippen MR) is 76.5 cm³/mol. The van der Waals surface area contributed by atoms with Crippen LogP contribution >= 0.6 is 0 Å². The highest BCUT2D eigenvalue weighted by atomic mass is 32.2. The van der Waals surface area contributed by atoms with E-state index in [-0.39, 0.29) is 6.04 Å². The Morgan fingerprint density at radius 3 is 2.60 bits per heavy atom. The van der Waals surface area contributed by atoms with Crippen molar-refractivity contribution in [2.24, 2.45) is 0 Å². The van der Waals surface area contributed by atoms with Gasteiger partial charge in [0.1, 0.15) is 0 Å². The van der Waals surface area contributed by atoms with Crippen molar-refractivity contribution in [1.29, 1.82) is 0 Å². The molecule has 0 unspecified atom stereocenters. The number of hydrogen-bond acceptors (Lipinski definition) is 3. The Labute approximate surface area is 119 Å². The average molecular weight is 288 g/mol. The lowest BCUT2D eigenvalue weighted by Gasteiger charge is -2.24. The molecule has 0 aliphatic carbocycles. The molecule has 1 fully saturated rings. The van der Waals surface area contributed by atoms with Gasteiger partial charge in [-0.15, -0.1) is 0 Å². The highest BCUT2D eigenvalue weighted by molar-refractivity contribution is 7.89. The van der Waals surface area contributed by atoms with Crippen molar-refractivity contribution in [3.05, 3.63) is 60.4 Å². The fourth-order valence-corrected chi connectivity index (χ4v) is 4.37. The van der Waals surface area contributed by atoms with Crippen LogP contribution in [0.2, 0.25) is 0 Å². The highest BCUT2D eigenvalue weighted by Crippen LogP contribution is 2.35. The minimum Gasteiger partial charge on any atom is -0.264 e. The summed E-state index contributed by atoms with van der Waals surface area (Å²) in [6.07, 6.45) is 5.18. The maximum absolute atomic E-state index is 12.7. The maximum Gasteiger partial charge on any atom is 0.243 e. The van der Waals surface area contributed by atoms with Crippen molar-refractivity contribution in [2.45, 2.75) is 23.8 Å². The standard InChI is InChI=1S/C15H16N2O2S/c18-20(19,14-7-2-1-3-8-14)17-11-5-9-15(17)13-6-4-10-16-12-13/h1-4,6-8,10,12,15H,5,9,11H2/t15-/m1/s1. The van der Waals surface area contributed by atoms with Crippen LogP contribution in [0.15, 0.2) is 59.8 Å². The Kier molecular flexibility index (Phi) is 3.54. The van der Waals surface area contributed by atoms with Gasteiger partial charge < -0.3 is 0 Å². The molecule has 1 aliphatic rings. The molecule has 5 heteroatoms. The summed E-state index contributed by atoms with van der Waals surface area (Å²) in [7, 11) is -3.43. The third-order valence-electron chi connectivity index (χ3n) is 3.62. The second-order valence-electron chi connectivity index (χ2n) is 4.87. The Morgan fingerprint density at radius 2 is 1.90 bits per heavy atom. The first kappa shape index (κ1) is 13.3. The zero-order valence-corrected chi connectivity index (χ0v) is 11.8. The van der Waals surface area contributed by atoms with E-state index in [0.29, 0.717) is 11.4 Å². The van der Waals surface area contributed by atoms with Crippen LogP contribution < -0.4 is 0 Å². The zero-order valence-electron chi connectivity index (χ0n) is 11.0. The molecule has 20 heavy (non-hydrogen) atoms. The third kappa shape index (κ3) is 2.34. The molecule has 0 spiro atoms. The van der Waals surface area contributed by atoms with E-state index in [0.717, 1.165) is 18.4 Å². The molecule has 0 amide bonds. The zero-order chi connectivity index (χ0) is 14.0. The largest absolute Gasteiger partial charge is 0.264 e. The van der Waals surface area contributed by atoms with Crippen LogP contribution in [0.5, 0.6) is 0 Å². The molecule has 2 aromatic rings. The molecule has 1 aromatic carbocycles. The van der Waals surface area contributed by atoms with Crippen LogP contribution in [0.1, 0.15) is 24.4 Å². The highest BCUT2D eigenvalue weighted by Gasteiger charge is 2.36. The molecule has 1 saturated heterocycles. The molecule has 1 aliphatic heterocycles. The fraction of sp³-hybridized carbons (Fsp3) is 0.267. The molecule has 1 aromatic heterocycles. The van der Waals surface area contributed by atoms with Gasteiger partial charge in [0.15, 0.2) is 0 Å². The van der Waals surface area contributed by atoms with Crippen molar-refractivity contribution in [3.63, 3.8) is 0 Å². The quantitative estimate of drug-likeness (QED) is 0.872. The van der Waals surface area contributed by atoms with Gasteiger partial charge in [-0.1, -0.05) is 24.3 Å².